The Morgan fingerprint density at radius 1 is 0.598 bits per heavy atom. The summed E-state index contributed by atoms with van der Waals surface area (Å²) in [5, 5.41) is 12.6. The van der Waals surface area contributed by atoms with E-state index in [0.29, 0.717) is 49.7 Å². The summed E-state index contributed by atoms with van der Waals surface area (Å²) in [5.74, 6) is -2.47. The van der Waals surface area contributed by atoms with Crippen LogP contribution in [0, 0.1) is 46.3 Å². The van der Waals surface area contributed by atoms with Gasteiger partial charge >= 0.3 is 42.5 Å². The molecule has 19 heteroatoms. The van der Waals surface area contributed by atoms with E-state index in [9.17, 15) is 38.7 Å². The number of carbonyl (C=O) groups is 7. The molecule has 4 aromatic rings. The minimum absolute atomic E-state index is 0.0309. The van der Waals surface area contributed by atoms with Crippen LogP contribution in [0.25, 0.3) is 12.2 Å². The van der Waals surface area contributed by atoms with Crippen molar-refractivity contribution in [2.75, 3.05) is 28.4 Å². The highest BCUT2D eigenvalue weighted by Gasteiger charge is 2.66. The van der Waals surface area contributed by atoms with Gasteiger partial charge in [0.1, 0.15) is 12.2 Å². The SMILES string of the molecule is COC(=O)Oc1ccc(/C=C/C(=O)O[C@@H]2CC[C@@]3(C)[C@H](C2)C[C@@H](OC(=O)/C=C/c2ccc(OC(=O)OC)c(OC(=O)OC)c2)[C@@H]2[C@@H]3C[C@H](O)[C@]3(C)[C@@H]([C@H](C)CCC(=O)OC(c4ccccc4)c4ccccc4)CC[C@@H]23)cc1OC(=O)OC. The van der Waals surface area contributed by atoms with Crippen molar-refractivity contribution in [2.24, 2.45) is 46.3 Å². The third-order valence-electron chi connectivity index (χ3n) is 17.5. The molecule has 4 aliphatic carbocycles. The summed E-state index contributed by atoms with van der Waals surface area (Å²) in [6.45, 7) is 6.57. The Balaban J connectivity index is 1.01. The van der Waals surface area contributed by atoms with Gasteiger partial charge in [0.25, 0.3) is 0 Å². The van der Waals surface area contributed by atoms with Gasteiger partial charge in [-0.2, -0.15) is 0 Å². The fourth-order valence-corrected chi connectivity index (χ4v) is 13.5. The highest BCUT2D eigenvalue weighted by atomic mass is 16.8. The maximum Gasteiger partial charge on any atom is 0.513 e. The summed E-state index contributed by atoms with van der Waals surface area (Å²) in [6, 6.07) is 27.9. The highest BCUT2D eigenvalue weighted by molar-refractivity contribution is 5.88. The Kier molecular flexibility index (Phi) is 19.4. The third-order valence-corrected chi connectivity index (χ3v) is 17.5. The van der Waals surface area contributed by atoms with E-state index < -0.39 is 66.4 Å². The highest BCUT2D eigenvalue weighted by Crippen LogP contribution is 2.69. The van der Waals surface area contributed by atoms with E-state index >= 15 is 0 Å². The quantitative estimate of drug-likeness (QED) is 0.0447. The van der Waals surface area contributed by atoms with Crippen LogP contribution < -0.4 is 18.9 Å². The van der Waals surface area contributed by atoms with Crippen molar-refractivity contribution >= 4 is 54.7 Å². The number of carbonyl (C=O) groups excluding carboxylic acids is 7. The summed E-state index contributed by atoms with van der Waals surface area (Å²) in [5.41, 5.74) is 1.63. The first-order valence-corrected chi connectivity index (χ1v) is 27.4. The predicted octanol–water partition coefficient (Wildman–Crippen LogP) is 11.8. The zero-order chi connectivity index (χ0) is 58.7. The number of ether oxygens (including phenoxy) is 11. The lowest BCUT2D eigenvalue weighted by atomic mass is 9.43. The van der Waals surface area contributed by atoms with Crippen LogP contribution in [0.1, 0.15) is 107 Å². The van der Waals surface area contributed by atoms with E-state index in [1.54, 1.807) is 6.07 Å². The van der Waals surface area contributed by atoms with Crippen LogP contribution in [0.4, 0.5) is 19.2 Å². The maximum atomic E-state index is 14.2. The second-order valence-corrected chi connectivity index (χ2v) is 21.8. The van der Waals surface area contributed by atoms with Gasteiger partial charge in [-0.05, 0) is 150 Å². The molecular formula is C63H70O19. The molecule has 11 atom stereocenters. The fourth-order valence-electron chi connectivity index (χ4n) is 13.5. The third kappa shape index (κ3) is 13.8. The van der Waals surface area contributed by atoms with Crippen molar-refractivity contribution in [1.29, 1.82) is 0 Å². The number of rotatable bonds is 17. The van der Waals surface area contributed by atoms with Gasteiger partial charge in [-0.3, -0.25) is 4.79 Å². The van der Waals surface area contributed by atoms with Crippen LogP contribution in [-0.4, -0.2) is 94.4 Å². The molecule has 0 aromatic heterocycles. The van der Waals surface area contributed by atoms with Crippen molar-refractivity contribution < 1.29 is 90.8 Å². The molecule has 4 aliphatic rings. The average Bonchev–Trinajstić information content (AvgIpc) is 2.04. The van der Waals surface area contributed by atoms with Gasteiger partial charge in [0.15, 0.2) is 29.1 Å². The molecule has 1 N–H and O–H groups in total. The lowest BCUT2D eigenvalue weighted by Crippen LogP contribution is -2.63. The first-order chi connectivity index (χ1) is 39.4. The lowest BCUT2D eigenvalue weighted by Gasteiger charge is -2.64. The molecule has 4 saturated carbocycles. The van der Waals surface area contributed by atoms with Gasteiger partial charge in [-0.15, -0.1) is 0 Å². The van der Waals surface area contributed by atoms with E-state index in [-0.39, 0.29) is 76.3 Å². The molecule has 0 unspecified atom stereocenters. The molecule has 0 saturated heterocycles. The average molecular weight is 1130 g/mol. The Morgan fingerprint density at radius 3 is 1.61 bits per heavy atom. The fraction of sp³-hybridized carbons (Fsp3) is 0.444. The number of aliphatic hydroxyl groups is 1. The Bertz CT molecular complexity index is 2970. The summed E-state index contributed by atoms with van der Waals surface area (Å²) < 4.78 is 57.9. The second-order valence-electron chi connectivity index (χ2n) is 21.8. The lowest BCUT2D eigenvalue weighted by molar-refractivity contribution is -0.216. The standard InChI is InChI=1S/C63H70O19/c1-37(18-27-55(67)82-57(40-14-10-8-11-15-40)41-16-12-9-13-17-41)44-23-24-45-56-46(36-52(64)63(44,45)3)62(2)31-30-43(76-53(65)28-21-38-19-25-47(78-58(68)72-4)49(32-38)80-60(70)74-6)34-42(62)35-51(56)77-54(66)29-22-39-20-26-48(79-59(69)73-5)50(33-39)81-61(71)75-7/h8-17,19-22,25-26,28-29,32-33,37,42-46,51-52,56-57,64H,18,23-24,27,30-31,34-36H2,1-7H3/b28-21+,29-22+/t37-,42-,43-,44-,45+,46+,51-,52+,56+,62+,63-/m1/s1. The van der Waals surface area contributed by atoms with Crippen LogP contribution in [0.3, 0.4) is 0 Å². The number of methoxy groups -OCH3 is 4. The molecule has 4 fully saturated rings. The van der Waals surface area contributed by atoms with E-state index in [1.807, 2.05) is 60.7 Å². The van der Waals surface area contributed by atoms with Crippen LogP contribution in [0.5, 0.6) is 23.0 Å². The molecule has 436 valence electrons. The molecule has 19 nitrogen and oxygen atoms in total. The normalized spacial score (nSPS) is 25.7. The molecule has 8 rings (SSSR count). The minimum Gasteiger partial charge on any atom is -0.459 e. The smallest absolute Gasteiger partial charge is 0.459 e. The van der Waals surface area contributed by atoms with Gasteiger partial charge in [-0.25, -0.2) is 28.8 Å². The van der Waals surface area contributed by atoms with E-state index in [4.69, 9.17) is 33.2 Å². The van der Waals surface area contributed by atoms with Gasteiger partial charge in [0, 0.05) is 24.5 Å². The number of hydrogen-bond donors (Lipinski definition) is 1. The molecule has 0 aliphatic heterocycles. The van der Waals surface area contributed by atoms with Crippen molar-refractivity contribution in [3.63, 3.8) is 0 Å². The molecular weight excluding hydrogens is 1060 g/mol. The predicted molar refractivity (Wildman–Crippen MR) is 294 cm³/mol. The van der Waals surface area contributed by atoms with Crippen molar-refractivity contribution in [3.8, 4) is 23.0 Å². The number of benzene rings is 4. The Hall–Kier alpha value is -8.19. The molecule has 0 amide bonds. The molecule has 0 bridgehead atoms. The Morgan fingerprint density at radius 2 is 1.10 bits per heavy atom. The van der Waals surface area contributed by atoms with Crippen LogP contribution in [0.2, 0.25) is 0 Å². The van der Waals surface area contributed by atoms with Gasteiger partial charge < -0.3 is 57.2 Å². The van der Waals surface area contributed by atoms with Crippen molar-refractivity contribution in [3.05, 3.63) is 131 Å². The van der Waals surface area contributed by atoms with E-state index in [0.717, 1.165) is 52.4 Å². The maximum absolute atomic E-state index is 14.2. The second kappa shape index (κ2) is 26.6. The number of esters is 3. The van der Waals surface area contributed by atoms with Gasteiger partial charge in [0.05, 0.1) is 34.5 Å². The summed E-state index contributed by atoms with van der Waals surface area (Å²) in [6.07, 6.45) is 3.77. The zero-order valence-corrected chi connectivity index (χ0v) is 47.0. The minimum atomic E-state index is -1.07. The van der Waals surface area contributed by atoms with Crippen LogP contribution in [0.15, 0.2) is 109 Å². The molecule has 82 heavy (non-hydrogen) atoms. The largest absolute Gasteiger partial charge is 0.513 e. The summed E-state index contributed by atoms with van der Waals surface area (Å²) in [7, 11) is 4.48. The first-order valence-electron chi connectivity index (χ1n) is 27.4. The molecule has 0 spiro atoms. The Labute approximate surface area is 476 Å². The first kappa shape index (κ1) is 59.9. The molecule has 4 aromatic carbocycles. The van der Waals surface area contributed by atoms with Gasteiger partial charge in [0.2, 0.25) is 0 Å². The zero-order valence-electron chi connectivity index (χ0n) is 47.0. The summed E-state index contributed by atoms with van der Waals surface area (Å²) >= 11 is 0. The monoisotopic (exact) mass is 1130 g/mol. The number of hydrogen-bond acceptors (Lipinski definition) is 19. The topological polar surface area (TPSA) is 241 Å². The number of aliphatic hydroxyl groups excluding tert-OH is 1. The van der Waals surface area contributed by atoms with Crippen LogP contribution >= 0.6 is 0 Å². The van der Waals surface area contributed by atoms with E-state index in [1.165, 1.54) is 54.6 Å². The van der Waals surface area contributed by atoms with Crippen LogP contribution in [-0.2, 0) is 47.5 Å². The summed E-state index contributed by atoms with van der Waals surface area (Å²) in [4.78, 5) is 89.4. The van der Waals surface area contributed by atoms with Gasteiger partial charge in [-0.1, -0.05) is 93.6 Å². The van der Waals surface area contributed by atoms with Crippen molar-refractivity contribution in [2.45, 2.75) is 103 Å². The number of fused-ring (bicyclic) bond motifs is 5. The molecule has 0 radical (unpaired) electrons. The van der Waals surface area contributed by atoms with Crippen molar-refractivity contribution in [1.82, 2.24) is 0 Å². The van der Waals surface area contributed by atoms with E-state index in [2.05, 4.69) is 39.7 Å². The molecule has 0 heterocycles.